The van der Waals surface area contributed by atoms with Crippen LogP contribution >= 0.6 is 0 Å². The van der Waals surface area contributed by atoms with E-state index >= 15 is 0 Å². The highest BCUT2D eigenvalue weighted by Gasteiger charge is 2.23. The summed E-state index contributed by atoms with van der Waals surface area (Å²) in [6.07, 6.45) is 3.32. The first-order valence-corrected chi connectivity index (χ1v) is 8.39. The predicted molar refractivity (Wildman–Crippen MR) is 96.1 cm³/mol. The van der Waals surface area contributed by atoms with E-state index in [4.69, 9.17) is 9.47 Å². The Morgan fingerprint density at radius 2 is 2.04 bits per heavy atom. The second-order valence-corrected chi connectivity index (χ2v) is 5.87. The molecule has 2 heterocycles. The highest BCUT2D eigenvalue weighted by Crippen LogP contribution is 2.33. The molecule has 1 aliphatic rings. The number of aromatic nitrogens is 1. The van der Waals surface area contributed by atoms with Crippen molar-refractivity contribution in [3.05, 3.63) is 53.7 Å². The van der Waals surface area contributed by atoms with Crippen molar-refractivity contribution in [3.8, 4) is 0 Å². The number of pyridine rings is 1. The van der Waals surface area contributed by atoms with Crippen LogP contribution < -0.4 is 10.2 Å². The molecule has 6 heteroatoms. The lowest BCUT2D eigenvalue weighted by Crippen LogP contribution is -2.35. The van der Waals surface area contributed by atoms with Crippen molar-refractivity contribution in [2.75, 3.05) is 32.2 Å². The van der Waals surface area contributed by atoms with Crippen LogP contribution in [0.3, 0.4) is 0 Å². The third kappa shape index (κ3) is 3.81. The minimum atomic E-state index is -0.472. The standard InChI is InChI=1S/C19H23N3O3/c1-24-17(25-2)13-21-19(23)15-9-5-11-20-18(15)22-12-6-8-14-7-3-4-10-16(14)22/h3-5,7,9-11,17H,6,8,12-13H2,1-2H3,(H,21,23). The molecule has 0 fully saturated rings. The average molecular weight is 341 g/mol. The van der Waals surface area contributed by atoms with E-state index in [1.165, 1.54) is 5.56 Å². The Kier molecular flexibility index (Phi) is 5.63. The summed E-state index contributed by atoms with van der Waals surface area (Å²) < 4.78 is 10.2. The molecule has 0 unspecified atom stereocenters. The lowest BCUT2D eigenvalue weighted by molar-refractivity contribution is -0.0974. The van der Waals surface area contributed by atoms with E-state index in [0.29, 0.717) is 11.4 Å². The van der Waals surface area contributed by atoms with Gasteiger partial charge in [0.25, 0.3) is 5.91 Å². The summed E-state index contributed by atoms with van der Waals surface area (Å²) in [7, 11) is 3.08. The molecule has 0 atom stereocenters. The molecule has 6 nitrogen and oxygen atoms in total. The van der Waals surface area contributed by atoms with Crippen molar-refractivity contribution < 1.29 is 14.3 Å². The fraction of sp³-hybridized carbons (Fsp3) is 0.368. The maximum Gasteiger partial charge on any atom is 0.255 e. The summed E-state index contributed by atoms with van der Waals surface area (Å²) in [5, 5.41) is 2.85. The van der Waals surface area contributed by atoms with Crippen molar-refractivity contribution in [2.24, 2.45) is 0 Å². The van der Waals surface area contributed by atoms with Gasteiger partial charge in [-0.15, -0.1) is 0 Å². The van der Waals surface area contributed by atoms with Crippen LogP contribution in [0.15, 0.2) is 42.6 Å². The number of para-hydroxylation sites is 1. The van der Waals surface area contributed by atoms with Gasteiger partial charge in [0.15, 0.2) is 6.29 Å². The Balaban J connectivity index is 1.86. The quantitative estimate of drug-likeness (QED) is 0.818. The number of hydrogen-bond acceptors (Lipinski definition) is 5. The van der Waals surface area contributed by atoms with Crippen molar-refractivity contribution in [1.29, 1.82) is 0 Å². The summed E-state index contributed by atoms with van der Waals surface area (Å²) in [6.45, 7) is 1.11. The SMILES string of the molecule is COC(CNC(=O)c1cccnc1N1CCCc2ccccc21)OC. The van der Waals surface area contributed by atoms with E-state index in [9.17, 15) is 4.79 Å². The van der Waals surface area contributed by atoms with Crippen LogP contribution in [-0.2, 0) is 15.9 Å². The van der Waals surface area contributed by atoms with Gasteiger partial charge in [0.05, 0.1) is 12.1 Å². The zero-order valence-corrected chi connectivity index (χ0v) is 14.6. The topological polar surface area (TPSA) is 63.7 Å². The summed E-state index contributed by atoms with van der Waals surface area (Å²) >= 11 is 0. The number of rotatable bonds is 6. The Morgan fingerprint density at radius 1 is 1.24 bits per heavy atom. The fourth-order valence-corrected chi connectivity index (χ4v) is 3.08. The second kappa shape index (κ2) is 8.09. The monoisotopic (exact) mass is 341 g/mol. The third-order valence-electron chi connectivity index (χ3n) is 4.35. The van der Waals surface area contributed by atoms with Gasteiger partial charge >= 0.3 is 0 Å². The lowest BCUT2D eigenvalue weighted by atomic mass is 10.0. The summed E-state index contributed by atoms with van der Waals surface area (Å²) in [5.74, 6) is 0.490. The van der Waals surface area contributed by atoms with Crippen LogP contribution in [0.2, 0.25) is 0 Å². The third-order valence-corrected chi connectivity index (χ3v) is 4.35. The molecule has 3 rings (SSSR count). The minimum Gasteiger partial charge on any atom is -0.354 e. The highest BCUT2D eigenvalue weighted by atomic mass is 16.7. The predicted octanol–water partition coefficient (Wildman–Crippen LogP) is 2.51. The normalized spacial score (nSPS) is 13.6. The number of aryl methyl sites for hydroxylation is 1. The maximum absolute atomic E-state index is 12.7. The second-order valence-electron chi connectivity index (χ2n) is 5.87. The molecule has 0 radical (unpaired) electrons. The number of hydrogen-bond donors (Lipinski definition) is 1. The van der Waals surface area contributed by atoms with Gasteiger partial charge < -0.3 is 19.7 Å². The molecule has 1 aromatic heterocycles. The van der Waals surface area contributed by atoms with E-state index in [1.54, 1.807) is 32.5 Å². The van der Waals surface area contributed by atoms with Crippen molar-refractivity contribution in [3.63, 3.8) is 0 Å². The van der Waals surface area contributed by atoms with Gasteiger partial charge in [-0.05, 0) is 36.6 Å². The van der Waals surface area contributed by atoms with Crippen LogP contribution in [0.1, 0.15) is 22.3 Å². The van der Waals surface area contributed by atoms with Crippen molar-refractivity contribution >= 4 is 17.4 Å². The van der Waals surface area contributed by atoms with Gasteiger partial charge in [-0.1, -0.05) is 18.2 Å². The Hall–Kier alpha value is -2.44. The van der Waals surface area contributed by atoms with Gasteiger partial charge in [-0.25, -0.2) is 4.98 Å². The first-order chi connectivity index (χ1) is 12.2. The highest BCUT2D eigenvalue weighted by molar-refractivity contribution is 5.99. The maximum atomic E-state index is 12.7. The van der Waals surface area contributed by atoms with E-state index in [-0.39, 0.29) is 12.5 Å². The molecule has 0 saturated carbocycles. The number of ether oxygens (including phenoxy) is 2. The van der Waals surface area contributed by atoms with Crippen molar-refractivity contribution in [2.45, 2.75) is 19.1 Å². The largest absolute Gasteiger partial charge is 0.354 e. The number of methoxy groups -OCH3 is 2. The number of benzene rings is 1. The van der Waals surface area contributed by atoms with E-state index < -0.39 is 6.29 Å². The van der Waals surface area contributed by atoms with Crippen LogP contribution in [0, 0.1) is 0 Å². The molecule has 132 valence electrons. The van der Waals surface area contributed by atoms with Gasteiger partial charge in [0, 0.05) is 32.6 Å². The lowest BCUT2D eigenvalue weighted by Gasteiger charge is -2.31. The summed E-state index contributed by atoms with van der Waals surface area (Å²) in [4.78, 5) is 19.3. The van der Waals surface area contributed by atoms with Gasteiger partial charge in [-0.3, -0.25) is 4.79 Å². The molecule has 0 bridgehead atoms. The number of fused-ring (bicyclic) bond motifs is 1. The van der Waals surface area contributed by atoms with E-state index in [0.717, 1.165) is 25.1 Å². The average Bonchev–Trinajstić information content (AvgIpc) is 2.68. The number of nitrogens with one attached hydrogen (secondary N) is 1. The van der Waals surface area contributed by atoms with Gasteiger partial charge in [0.2, 0.25) is 0 Å². The summed E-state index contributed by atoms with van der Waals surface area (Å²) in [6, 6.07) is 11.8. The molecule has 1 amide bonds. The molecule has 0 spiro atoms. The molecule has 2 aromatic rings. The Bertz CT molecular complexity index is 731. The fourth-order valence-electron chi connectivity index (χ4n) is 3.08. The number of carbonyl (C=O) groups excluding carboxylic acids is 1. The van der Waals surface area contributed by atoms with Crippen molar-refractivity contribution in [1.82, 2.24) is 10.3 Å². The van der Waals surface area contributed by atoms with Crippen LogP contribution in [0.5, 0.6) is 0 Å². The molecule has 25 heavy (non-hydrogen) atoms. The van der Waals surface area contributed by atoms with Crippen LogP contribution in [-0.4, -0.2) is 44.5 Å². The molecular formula is C19H23N3O3. The van der Waals surface area contributed by atoms with Crippen LogP contribution in [0.25, 0.3) is 0 Å². The zero-order chi connectivity index (χ0) is 17.6. The Labute approximate surface area is 147 Å². The smallest absolute Gasteiger partial charge is 0.255 e. The number of amides is 1. The van der Waals surface area contributed by atoms with Gasteiger partial charge in [0.1, 0.15) is 5.82 Å². The molecule has 1 aliphatic heterocycles. The van der Waals surface area contributed by atoms with Crippen LogP contribution in [0.4, 0.5) is 11.5 Å². The van der Waals surface area contributed by atoms with Gasteiger partial charge in [-0.2, -0.15) is 0 Å². The first kappa shape index (κ1) is 17.4. The number of nitrogens with zero attached hydrogens (tertiary/aromatic N) is 2. The van der Waals surface area contributed by atoms with E-state index in [1.807, 2.05) is 12.1 Å². The molecule has 1 aromatic carbocycles. The molecule has 0 saturated heterocycles. The first-order valence-electron chi connectivity index (χ1n) is 8.39. The molecule has 1 N–H and O–H groups in total. The Morgan fingerprint density at radius 3 is 2.84 bits per heavy atom. The van der Waals surface area contributed by atoms with E-state index in [2.05, 4.69) is 27.3 Å². The summed E-state index contributed by atoms with van der Waals surface area (Å²) in [5.41, 5.74) is 2.95. The number of anilines is 2. The molecular weight excluding hydrogens is 318 g/mol. The zero-order valence-electron chi connectivity index (χ0n) is 14.6. The molecule has 0 aliphatic carbocycles. The number of carbonyl (C=O) groups is 1. The minimum absolute atomic E-state index is 0.190.